The molecule has 1 aliphatic heterocycles. The van der Waals surface area contributed by atoms with E-state index in [4.69, 9.17) is 4.98 Å². The fourth-order valence-electron chi connectivity index (χ4n) is 4.24. The fraction of sp³-hybridized carbons (Fsp3) is 0.280. The SMILES string of the molecule is CC(C)c1cccc2sc(N3CCN(C(=O)c4cccc5ccccc45)CC3)nc12. The summed E-state index contributed by atoms with van der Waals surface area (Å²) in [7, 11) is 0. The van der Waals surface area contributed by atoms with Crippen molar-refractivity contribution in [3.63, 3.8) is 0 Å². The highest BCUT2D eigenvalue weighted by Gasteiger charge is 2.25. The minimum atomic E-state index is 0.123. The number of para-hydroxylation sites is 1. The topological polar surface area (TPSA) is 36.4 Å². The molecule has 5 heteroatoms. The van der Waals surface area contributed by atoms with Gasteiger partial charge in [-0.3, -0.25) is 4.79 Å². The van der Waals surface area contributed by atoms with Crippen molar-refractivity contribution in [3.8, 4) is 0 Å². The van der Waals surface area contributed by atoms with Crippen LogP contribution in [0, 0.1) is 0 Å². The molecule has 1 amide bonds. The van der Waals surface area contributed by atoms with Crippen LogP contribution in [0.5, 0.6) is 0 Å². The van der Waals surface area contributed by atoms with E-state index in [0.717, 1.165) is 53.2 Å². The summed E-state index contributed by atoms with van der Waals surface area (Å²) in [5.74, 6) is 0.580. The van der Waals surface area contributed by atoms with E-state index in [9.17, 15) is 4.79 Å². The number of aromatic nitrogens is 1. The molecule has 1 fully saturated rings. The number of anilines is 1. The summed E-state index contributed by atoms with van der Waals surface area (Å²) in [5.41, 5.74) is 3.23. The summed E-state index contributed by atoms with van der Waals surface area (Å²) >= 11 is 1.75. The second-order valence-electron chi connectivity index (χ2n) is 8.15. The number of piperazine rings is 1. The zero-order chi connectivity index (χ0) is 20.7. The predicted molar refractivity (Wildman–Crippen MR) is 126 cm³/mol. The van der Waals surface area contributed by atoms with Crippen LogP contribution in [0.25, 0.3) is 21.0 Å². The smallest absolute Gasteiger partial charge is 0.254 e. The Bertz CT molecular complexity index is 1220. The molecule has 5 rings (SSSR count). The van der Waals surface area contributed by atoms with E-state index in [1.54, 1.807) is 11.3 Å². The monoisotopic (exact) mass is 415 g/mol. The van der Waals surface area contributed by atoms with E-state index in [0.29, 0.717) is 5.92 Å². The van der Waals surface area contributed by atoms with Crippen molar-refractivity contribution in [2.24, 2.45) is 0 Å². The molecule has 0 aliphatic carbocycles. The molecule has 0 atom stereocenters. The van der Waals surface area contributed by atoms with Crippen LogP contribution in [0.2, 0.25) is 0 Å². The van der Waals surface area contributed by atoms with Gasteiger partial charge in [-0.25, -0.2) is 4.98 Å². The molecule has 3 aromatic carbocycles. The first-order chi connectivity index (χ1) is 14.6. The zero-order valence-corrected chi connectivity index (χ0v) is 18.2. The Hall–Kier alpha value is -2.92. The maximum absolute atomic E-state index is 13.2. The van der Waals surface area contributed by atoms with Gasteiger partial charge >= 0.3 is 0 Å². The minimum absolute atomic E-state index is 0.123. The number of fused-ring (bicyclic) bond motifs is 2. The van der Waals surface area contributed by atoms with Gasteiger partial charge in [-0.1, -0.05) is 73.7 Å². The Kier molecular flexibility index (Phi) is 4.91. The fourth-order valence-corrected chi connectivity index (χ4v) is 5.29. The van der Waals surface area contributed by atoms with E-state index in [1.165, 1.54) is 10.3 Å². The van der Waals surface area contributed by atoms with Crippen molar-refractivity contribution in [2.45, 2.75) is 19.8 Å². The summed E-state index contributed by atoms with van der Waals surface area (Å²) < 4.78 is 1.24. The summed E-state index contributed by atoms with van der Waals surface area (Å²) in [6.07, 6.45) is 0. The van der Waals surface area contributed by atoms with Crippen molar-refractivity contribution >= 4 is 43.4 Å². The maximum atomic E-state index is 13.2. The lowest BCUT2D eigenvalue weighted by Gasteiger charge is -2.34. The standard InChI is InChI=1S/C25H25N3OS/c1-17(2)19-10-6-12-22-23(19)26-25(30-22)28-15-13-27(14-16-28)24(29)21-11-5-8-18-7-3-4-9-20(18)21/h3-12,17H,13-16H2,1-2H3. The van der Waals surface area contributed by atoms with Crippen LogP contribution in [-0.2, 0) is 0 Å². The highest BCUT2D eigenvalue weighted by atomic mass is 32.1. The number of thiazole rings is 1. The molecule has 1 aliphatic rings. The quantitative estimate of drug-likeness (QED) is 0.441. The van der Waals surface area contributed by atoms with Crippen molar-refractivity contribution in [1.29, 1.82) is 0 Å². The molecule has 4 nitrogen and oxygen atoms in total. The minimum Gasteiger partial charge on any atom is -0.345 e. The average Bonchev–Trinajstić information content (AvgIpc) is 3.22. The molecule has 30 heavy (non-hydrogen) atoms. The van der Waals surface area contributed by atoms with Gasteiger partial charge in [0.1, 0.15) is 0 Å². The van der Waals surface area contributed by atoms with Gasteiger partial charge in [-0.05, 0) is 34.4 Å². The Labute approximate surface area is 180 Å². The average molecular weight is 416 g/mol. The van der Waals surface area contributed by atoms with Crippen LogP contribution >= 0.6 is 11.3 Å². The van der Waals surface area contributed by atoms with E-state index < -0.39 is 0 Å². The van der Waals surface area contributed by atoms with E-state index in [-0.39, 0.29) is 5.91 Å². The molecule has 0 saturated carbocycles. The van der Waals surface area contributed by atoms with Crippen LogP contribution in [0.3, 0.4) is 0 Å². The number of nitrogens with zero attached hydrogens (tertiary/aromatic N) is 3. The zero-order valence-electron chi connectivity index (χ0n) is 17.3. The highest BCUT2D eigenvalue weighted by molar-refractivity contribution is 7.22. The summed E-state index contributed by atoms with van der Waals surface area (Å²) in [4.78, 5) is 22.5. The predicted octanol–water partition coefficient (Wildman–Crippen LogP) is 5.54. The molecule has 1 aromatic heterocycles. The third kappa shape index (κ3) is 3.33. The summed E-state index contributed by atoms with van der Waals surface area (Å²) in [5, 5.41) is 3.20. The molecular formula is C25H25N3OS. The first-order valence-corrected chi connectivity index (χ1v) is 11.3. The molecule has 0 bridgehead atoms. The Morgan fingerprint density at radius 2 is 1.67 bits per heavy atom. The second kappa shape index (κ2) is 7.73. The third-order valence-corrected chi connectivity index (χ3v) is 7.00. The van der Waals surface area contributed by atoms with Crippen molar-refractivity contribution < 1.29 is 4.79 Å². The second-order valence-corrected chi connectivity index (χ2v) is 9.16. The Morgan fingerprint density at radius 3 is 2.47 bits per heavy atom. The Morgan fingerprint density at radius 1 is 0.933 bits per heavy atom. The van der Waals surface area contributed by atoms with Gasteiger partial charge in [-0.15, -0.1) is 0 Å². The van der Waals surface area contributed by atoms with Crippen molar-refractivity contribution in [3.05, 3.63) is 71.8 Å². The lowest BCUT2D eigenvalue weighted by atomic mass is 10.0. The molecule has 0 unspecified atom stereocenters. The highest BCUT2D eigenvalue weighted by Crippen LogP contribution is 2.34. The molecular weight excluding hydrogens is 390 g/mol. The van der Waals surface area contributed by atoms with Crippen molar-refractivity contribution in [1.82, 2.24) is 9.88 Å². The van der Waals surface area contributed by atoms with E-state index >= 15 is 0 Å². The number of benzene rings is 3. The molecule has 1 saturated heterocycles. The van der Waals surface area contributed by atoms with Gasteiger partial charge in [0.2, 0.25) is 0 Å². The number of carbonyl (C=O) groups is 1. The molecule has 0 N–H and O–H groups in total. The van der Waals surface area contributed by atoms with Gasteiger partial charge in [0.15, 0.2) is 5.13 Å². The third-order valence-electron chi connectivity index (χ3n) is 5.92. The van der Waals surface area contributed by atoms with Gasteiger partial charge in [0, 0.05) is 31.7 Å². The van der Waals surface area contributed by atoms with Crippen LogP contribution < -0.4 is 4.90 Å². The largest absolute Gasteiger partial charge is 0.345 e. The number of hydrogen-bond donors (Lipinski definition) is 0. The van der Waals surface area contributed by atoms with Crippen LogP contribution in [-0.4, -0.2) is 42.0 Å². The van der Waals surface area contributed by atoms with Crippen LogP contribution in [0.4, 0.5) is 5.13 Å². The number of hydrogen-bond acceptors (Lipinski definition) is 4. The Balaban J connectivity index is 1.35. The first kappa shape index (κ1) is 19.1. The number of amides is 1. The molecule has 4 aromatic rings. The molecule has 152 valence electrons. The molecule has 0 spiro atoms. The van der Waals surface area contributed by atoms with Gasteiger partial charge in [0.25, 0.3) is 5.91 Å². The van der Waals surface area contributed by atoms with Crippen LogP contribution in [0.15, 0.2) is 60.7 Å². The summed E-state index contributed by atoms with van der Waals surface area (Å²) in [6.45, 7) is 7.49. The molecule has 2 heterocycles. The first-order valence-electron chi connectivity index (χ1n) is 10.5. The van der Waals surface area contributed by atoms with Gasteiger partial charge < -0.3 is 9.80 Å². The summed E-state index contributed by atoms with van der Waals surface area (Å²) in [6, 6.07) is 20.5. The lowest BCUT2D eigenvalue weighted by molar-refractivity contribution is 0.0749. The maximum Gasteiger partial charge on any atom is 0.254 e. The number of rotatable bonds is 3. The molecule has 0 radical (unpaired) electrons. The normalized spacial score (nSPS) is 14.8. The lowest BCUT2D eigenvalue weighted by Crippen LogP contribution is -2.48. The van der Waals surface area contributed by atoms with Crippen LogP contribution in [0.1, 0.15) is 35.7 Å². The van der Waals surface area contributed by atoms with Gasteiger partial charge in [0.05, 0.1) is 10.2 Å². The van der Waals surface area contributed by atoms with Crippen molar-refractivity contribution in [2.75, 3.05) is 31.1 Å². The number of carbonyl (C=O) groups excluding carboxylic acids is 1. The van der Waals surface area contributed by atoms with E-state index in [1.807, 2.05) is 35.2 Å². The van der Waals surface area contributed by atoms with E-state index in [2.05, 4.69) is 49.1 Å². The van der Waals surface area contributed by atoms with Gasteiger partial charge in [-0.2, -0.15) is 0 Å².